The number of aliphatic hydroxyl groups excluding tert-OH is 1. The zero-order valence-electron chi connectivity index (χ0n) is 4.76. The molecule has 3 N–H and O–H groups in total. The first-order valence-corrected chi connectivity index (χ1v) is 2.16. The molecule has 0 aromatic carbocycles. The molecule has 0 radical (unpaired) electrons. The van der Waals surface area contributed by atoms with Crippen molar-refractivity contribution in [1.82, 2.24) is 0 Å². The van der Waals surface area contributed by atoms with Gasteiger partial charge in [0.05, 0.1) is 6.42 Å². The van der Waals surface area contributed by atoms with Gasteiger partial charge in [0, 0.05) is 21.1 Å². The molecule has 62 valence electrons. The third kappa shape index (κ3) is 5.72. The van der Waals surface area contributed by atoms with Crippen molar-refractivity contribution >= 4 is 11.9 Å². The molecule has 1 atom stereocenters. The first-order valence-electron chi connectivity index (χ1n) is 2.16. The van der Waals surface area contributed by atoms with Crippen LogP contribution < -0.4 is 0 Å². The Labute approximate surface area is 70.9 Å². The van der Waals surface area contributed by atoms with Crippen LogP contribution in [0.2, 0.25) is 0 Å². The van der Waals surface area contributed by atoms with Gasteiger partial charge in [0.15, 0.2) is 6.10 Å². The monoisotopic (exact) mass is 329 g/mol. The van der Waals surface area contributed by atoms with E-state index in [0.29, 0.717) is 0 Å². The van der Waals surface area contributed by atoms with Crippen LogP contribution in [0.1, 0.15) is 6.42 Å². The van der Waals surface area contributed by atoms with Crippen LogP contribution in [0, 0.1) is 0 Å². The van der Waals surface area contributed by atoms with Crippen molar-refractivity contribution in [1.29, 1.82) is 0 Å². The molecule has 10 heavy (non-hydrogen) atoms. The summed E-state index contributed by atoms with van der Waals surface area (Å²) in [5.41, 5.74) is 0. The summed E-state index contributed by atoms with van der Waals surface area (Å²) in [5, 5.41) is 24.1. The van der Waals surface area contributed by atoms with E-state index in [1.54, 1.807) is 0 Å². The number of hydrogen-bond acceptors (Lipinski definition) is 3. The molecule has 0 heterocycles. The normalized spacial score (nSPS) is 11.3. The van der Waals surface area contributed by atoms with Crippen LogP contribution >= 0.6 is 0 Å². The molecule has 0 aliphatic carbocycles. The molecule has 0 aliphatic heterocycles. The summed E-state index contributed by atoms with van der Waals surface area (Å²) in [5.74, 6) is -2.85. The molecule has 0 fully saturated rings. The maximum atomic E-state index is 9.72. The summed E-state index contributed by atoms with van der Waals surface area (Å²) in [4.78, 5) is 19.4. The minimum Gasteiger partial charge on any atom is -0.481 e. The molecule has 0 aromatic heterocycles. The third-order valence-corrected chi connectivity index (χ3v) is 0.653. The van der Waals surface area contributed by atoms with E-state index >= 15 is 0 Å². The molecular weight excluding hydrogens is 323 g/mol. The van der Waals surface area contributed by atoms with Crippen LogP contribution in [0.4, 0.5) is 0 Å². The fraction of sp³-hybridized carbons (Fsp3) is 0.500. The molecule has 0 aromatic rings. The van der Waals surface area contributed by atoms with Crippen molar-refractivity contribution in [3.63, 3.8) is 0 Å². The summed E-state index contributed by atoms with van der Waals surface area (Å²) in [6, 6.07) is 0. The number of rotatable bonds is 3. The Bertz CT molecular complexity index is 134. The van der Waals surface area contributed by atoms with E-state index in [-0.39, 0.29) is 21.1 Å². The summed E-state index contributed by atoms with van der Waals surface area (Å²) in [7, 11) is 0. The maximum absolute atomic E-state index is 9.72. The van der Waals surface area contributed by atoms with E-state index in [0.717, 1.165) is 0 Å². The van der Waals surface area contributed by atoms with E-state index in [1.807, 2.05) is 0 Å². The Hall–Kier alpha value is -0.412. The maximum Gasteiger partial charge on any atom is 0.333 e. The van der Waals surface area contributed by atoms with Crippen LogP contribution in [0.25, 0.3) is 0 Å². The van der Waals surface area contributed by atoms with Gasteiger partial charge in [-0.3, -0.25) is 4.79 Å². The van der Waals surface area contributed by atoms with Crippen LogP contribution in [0.3, 0.4) is 0 Å². The number of aliphatic carboxylic acids is 2. The molecule has 0 rings (SSSR count). The second kappa shape index (κ2) is 5.38. The SMILES string of the molecule is O=C(O)CC(O)C(=O)O.[Pt]. The predicted octanol–water partition coefficient (Wildman–Crippen LogP) is -1.10. The summed E-state index contributed by atoms with van der Waals surface area (Å²) in [6.07, 6.45) is -2.54. The van der Waals surface area contributed by atoms with Crippen molar-refractivity contribution in [3.05, 3.63) is 0 Å². The predicted molar refractivity (Wildman–Crippen MR) is 25.9 cm³/mol. The minimum absolute atomic E-state index is 0. The van der Waals surface area contributed by atoms with E-state index < -0.39 is 24.5 Å². The average molecular weight is 329 g/mol. The molecule has 0 spiro atoms. The summed E-state index contributed by atoms with van der Waals surface area (Å²) >= 11 is 0. The molecule has 0 amide bonds. The molecule has 1 unspecified atom stereocenters. The van der Waals surface area contributed by atoms with Crippen LogP contribution in [-0.4, -0.2) is 33.4 Å². The van der Waals surface area contributed by atoms with Gasteiger partial charge in [-0.15, -0.1) is 0 Å². The molecule has 5 nitrogen and oxygen atoms in total. The largest absolute Gasteiger partial charge is 0.481 e. The smallest absolute Gasteiger partial charge is 0.333 e. The summed E-state index contributed by atoms with van der Waals surface area (Å²) < 4.78 is 0. The van der Waals surface area contributed by atoms with Crippen molar-refractivity contribution < 1.29 is 46.0 Å². The van der Waals surface area contributed by atoms with Crippen molar-refractivity contribution in [3.8, 4) is 0 Å². The van der Waals surface area contributed by atoms with Gasteiger partial charge < -0.3 is 15.3 Å². The van der Waals surface area contributed by atoms with Gasteiger partial charge in [-0.05, 0) is 0 Å². The number of carbonyl (C=O) groups is 2. The first kappa shape index (κ1) is 12.3. The fourth-order valence-electron chi connectivity index (χ4n) is 0.253. The number of hydrogen-bond donors (Lipinski definition) is 3. The van der Waals surface area contributed by atoms with E-state index in [1.165, 1.54) is 0 Å². The molecule has 0 bridgehead atoms. The Morgan fingerprint density at radius 3 is 1.80 bits per heavy atom. The van der Waals surface area contributed by atoms with E-state index in [9.17, 15) is 9.59 Å². The fourth-order valence-corrected chi connectivity index (χ4v) is 0.253. The van der Waals surface area contributed by atoms with Gasteiger partial charge in [0.1, 0.15) is 0 Å². The third-order valence-electron chi connectivity index (χ3n) is 0.653. The van der Waals surface area contributed by atoms with Gasteiger partial charge in [-0.2, -0.15) is 0 Å². The standard InChI is InChI=1S/C4H6O5.Pt/c5-2(4(8)9)1-3(6)7;/h2,5H,1H2,(H,6,7)(H,8,9);. The Morgan fingerprint density at radius 2 is 1.70 bits per heavy atom. The second-order valence-corrected chi connectivity index (χ2v) is 1.45. The average Bonchev–Trinajstić information content (AvgIpc) is 1.63. The Balaban J connectivity index is 0. The topological polar surface area (TPSA) is 94.8 Å². The van der Waals surface area contributed by atoms with Gasteiger partial charge in [0.2, 0.25) is 0 Å². The molecule has 6 heteroatoms. The number of aliphatic hydroxyl groups is 1. The van der Waals surface area contributed by atoms with E-state index in [2.05, 4.69) is 0 Å². The van der Waals surface area contributed by atoms with Gasteiger partial charge in [-0.25, -0.2) is 4.79 Å². The van der Waals surface area contributed by atoms with Gasteiger partial charge >= 0.3 is 11.9 Å². The summed E-state index contributed by atoms with van der Waals surface area (Å²) in [6.45, 7) is 0. The quantitative estimate of drug-likeness (QED) is 0.611. The van der Waals surface area contributed by atoms with Crippen molar-refractivity contribution in [2.75, 3.05) is 0 Å². The Morgan fingerprint density at radius 1 is 1.30 bits per heavy atom. The van der Waals surface area contributed by atoms with E-state index in [4.69, 9.17) is 15.3 Å². The zero-order valence-corrected chi connectivity index (χ0v) is 7.03. The van der Waals surface area contributed by atoms with Crippen LogP contribution in [0.15, 0.2) is 0 Å². The molecular formula is C4H6O5Pt. The Kier molecular flexibility index (Phi) is 6.61. The minimum atomic E-state index is -1.79. The van der Waals surface area contributed by atoms with Crippen molar-refractivity contribution in [2.24, 2.45) is 0 Å². The second-order valence-electron chi connectivity index (χ2n) is 1.45. The number of carboxylic acid groups (broad SMARTS) is 2. The van der Waals surface area contributed by atoms with Crippen LogP contribution in [-0.2, 0) is 30.7 Å². The molecule has 0 saturated heterocycles. The number of carboxylic acids is 2. The molecule has 0 saturated carbocycles. The van der Waals surface area contributed by atoms with Crippen molar-refractivity contribution in [2.45, 2.75) is 12.5 Å². The van der Waals surface area contributed by atoms with Gasteiger partial charge in [-0.1, -0.05) is 0 Å². The zero-order chi connectivity index (χ0) is 7.44. The van der Waals surface area contributed by atoms with Crippen LogP contribution in [0.5, 0.6) is 0 Å². The first-order chi connectivity index (χ1) is 4.04. The van der Waals surface area contributed by atoms with Gasteiger partial charge in [0.25, 0.3) is 0 Å². The molecule has 0 aliphatic rings.